The third kappa shape index (κ3) is 11.0. The first kappa shape index (κ1) is 29.5. The average Bonchev–Trinajstić information content (AvgIpc) is 2.95. The van der Waals surface area contributed by atoms with Gasteiger partial charge in [-0.2, -0.15) is 0 Å². The number of nitrogens with zero attached hydrogens (tertiary/aromatic N) is 1. The predicted molar refractivity (Wildman–Crippen MR) is 114 cm³/mol. The van der Waals surface area contributed by atoms with Crippen LogP contribution in [-0.4, -0.2) is 70.1 Å². The Hall–Kier alpha value is -3.51. The van der Waals surface area contributed by atoms with Crippen LogP contribution in [0.3, 0.4) is 0 Å². The molecule has 35 heavy (non-hydrogen) atoms. The van der Waals surface area contributed by atoms with Crippen molar-refractivity contribution in [2.75, 3.05) is 0 Å². The quantitative estimate of drug-likeness (QED) is 0.249. The Balaban J connectivity index is 3.08. The fraction of sp³-hybridized carbons (Fsp3) is 0.682. The number of rotatable bonds is 9. The van der Waals surface area contributed by atoms with Crippen LogP contribution < -0.4 is 0 Å². The SMILES string of the molecule is CC(=O)OC(CC(=O)OC(C)(C)C)C(=O)OC(CC(=O)OC(C)(C)C)C(=O)ON1C(=O)CCC1=O. The molecule has 1 fully saturated rings. The summed E-state index contributed by atoms with van der Waals surface area (Å²) in [6.07, 6.45) is -5.77. The van der Waals surface area contributed by atoms with Gasteiger partial charge in [0.1, 0.15) is 11.2 Å². The maximum atomic E-state index is 12.7. The zero-order valence-corrected chi connectivity index (χ0v) is 20.8. The average molecular weight is 501 g/mol. The van der Waals surface area contributed by atoms with Crippen LogP contribution in [0, 0.1) is 0 Å². The number of hydroxylamine groups is 2. The fourth-order valence-corrected chi connectivity index (χ4v) is 2.64. The number of carbonyl (C=O) groups excluding carboxylic acids is 7. The van der Waals surface area contributed by atoms with Crippen LogP contribution in [0.5, 0.6) is 0 Å². The first-order valence-electron chi connectivity index (χ1n) is 10.8. The van der Waals surface area contributed by atoms with Gasteiger partial charge in [0, 0.05) is 19.8 Å². The van der Waals surface area contributed by atoms with Crippen LogP contribution in [0.2, 0.25) is 0 Å². The standard InChI is InChI=1S/C22H31NO12/c1-12(24)31-13(10-17(27)33-21(2,3)4)19(29)32-14(11-18(28)34-22(5,6)7)20(30)35-23-15(25)8-9-16(23)26/h13-14H,8-11H2,1-7H3. The molecule has 13 heteroatoms. The second-order valence-electron chi connectivity index (χ2n) is 9.60. The summed E-state index contributed by atoms with van der Waals surface area (Å²) in [6.45, 7) is 10.4. The fourth-order valence-electron chi connectivity index (χ4n) is 2.64. The molecule has 13 nitrogen and oxygen atoms in total. The first-order chi connectivity index (χ1) is 15.9. The molecule has 1 aliphatic rings. The number of amides is 2. The largest absolute Gasteiger partial charge is 0.460 e. The third-order valence-corrected chi connectivity index (χ3v) is 3.82. The van der Waals surface area contributed by atoms with Gasteiger partial charge in [-0.15, -0.1) is 5.06 Å². The maximum Gasteiger partial charge on any atom is 0.374 e. The molecule has 1 heterocycles. The summed E-state index contributed by atoms with van der Waals surface area (Å²) in [7, 11) is 0. The van der Waals surface area contributed by atoms with E-state index < -0.39 is 77.9 Å². The van der Waals surface area contributed by atoms with Gasteiger partial charge in [-0.3, -0.25) is 24.0 Å². The molecule has 0 bridgehead atoms. The highest BCUT2D eigenvalue weighted by Gasteiger charge is 2.39. The molecule has 1 aliphatic heterocycles. The Morgan fingerprint density at radius 3 is 1.51 bits per heavy atom. The lowest BCUT2D eigenvalue weighted by Gasteiger charge is -2.24. The van der Waals surface area contributed by atoms with E-state index >= 15 is 0 Å². The monoisotopic (exact) mass is 501 g/mol. The van der Waals surface area contributed by atoms with Crippen molar-refractivity contribution >= 4 is 41.7 Å². The first-order valence-corrected chi connectivity index (χ1v) is 10.8. The number of ether oxygens (including phenoxy) is 4. The summed E-state index contributed by atoms with van der Waals surface area (Å²) < 4.78 is 20.1. The van der Waals surface area contributed by atoms with Crippen molar-refractivity contribution < 1.29 is 57.3 Å². The van der Waals surface area contributed by atoms with Crippen molar-refractivity contribution in [2.45, 2.75) is 97.6 Å². The van der Waals surface area contributed by atoms with Gasteiger partial charge in [0.15, 0.2) is 0 Å². The molecule has 2 unspecified atom stereocenters. The highest BCUT2D eigenvalue weighted by molar-refractivity contribution is 6.02. The van der Waals surface area contributed by atoms with Gasteiger partial charge in [-0.25, -0.2) is 9.59 Å². The van der Waals surface area contributed by atoms with E-state index in [-0.39, 0.29) is 17.9 Å². The van der Waals surface area contributed by atoms with Gasteiger partial charge >= 0.3 is 29.8 Å². The van der Waals surface area contributed by atoms with Gasteiger partial charge in [-0.1, -0.05) is 0 Å². The molecule has 0 saturated carbocycles. The van der Waals surface area contributed by atoms with Crippen LogP contribution in [-0.2, 0) is 57.3 Å². The van der Waals surface area contributed by atoms with E-state index in [2.05, 4.69) is 0 Å². The molecule has 0 radical (unpaired) electrons. The Labute approximate surface area is 202 Å². The number of esters is 4. The van der Waals surface area contributed by atoms with Crippen molar-refractivity contribution in [3.8, 4) is 0 Å². The zero-order valence-electron chi connectivity index (χ0n) is 20.8. The van der Waals surface area contributed by atoms with Crippen molar-refractivity contribution in [3.05, 3.63) is 0 Å². The zero-order chi connectivity index (χ0) is 27.1. The van der Waals surface area contributed by atoms with E-state index in [1.165, 1.54) is 0 Å². The molecule has 0 aromatic carbocycles. The van der Waals surface area contributed by atoms with Crippen molar-refractivity contribution in [1.82, 2.24) is 5.06 Å². The second kappa shape index (κ2) is 11.8. The van der Waals surface area contributed by atoms with Crippen molar-refractivity contribution in [1.29, 1.82) is 0 Å². The van der Waals surface area contributed by atoms with Gasteiger partial charge in [0.25, 0.3) is 11.8 Å². The molecule has 0 aromatic rings. The minimum absolute atomic E-state index is 0.187. The molecule has 2 amide bonds. The lowest BCUT2D eigenvalue weighted by Crippen LogP contribution is -2.42. The third-order valence-electron chi connectivity index (χ3n) is 3.82. The molecule has 1 rings (SSSR count). The van der Waals surface area contributed by atoms with Crippen molar-refractivity contribution in [3.63, 3.8) is 0 Å². The predicted octanol–water partition coefficient (Wildman–Crippen LogP) is 0.901. The maximum absolute atomic E-state index is 12.7. The Kier molecular flexibility index (Phi) is 9.92. The van der Waals surface area contributed by atoms with Crippen LogP contribution in [0.25, 0.3) is 0 Å². The van der Waals surface area contributed by atoms with E-state index in [0.717, 1.165) is 6.92 Å². The molecular weight excluding hydrogens is 470 g/mol. The van der Waals surface area contributed by atoms with E-state index in [0.29, 0.717) is 0 Å². The summed E-state index contributed by atoms with van der Waals surface area (Å²) in [5.74, 6) is -7.19. The minimum atomic E-state index is -1.99. The summed E-state index contributed by atoms with van der Waals surface area (Å²) in [4.78, 5) is 89.5. The molecule has 0 N–H and O–H groups in total. The van der Waals surface area contributed by atoms with E-state index in [1.807, 2.05) is 0 Å². The van der Waals surface area contributed by atoms with Crippen LogP contribution in [0.15, 0.2) is 0 Å². The van der Waals surface area contributed by atoms with Gasteiger partial charge < -0.3 is 23.8 Å². The van der Waals surface area contributed by atoms with Crippen LogP contribution >= 0.6 is 0 Å². The number of carbonyl (C=O) groups is 7. The lowest BCUT2D eigenvalue weighted by atomic mass is 10.1. The Morgan fingerprint density at radius 1 is 0.743 bits per heavy atom. The summed E-state index contributed by atoms with van der Waals surface area (Å²) in [5, 5.41) is 0.211. The highest BCUT2D eigenvalue weighted by Crippen LogP contribution is 2.18. The molecule has 1 saturated heterocycles. The smallest absolute Gasteiger partial charge is 0.374 e. The van der Waals surface area contributed by atoms with Crippen LogP contribution in [0.1, 0.15) is 74.1 Å². The number of hydrogen-bond donors (Lipinski definition) is 0. The van der Waals surface area contributed by atoms with Gasteiger partial charge in [0.05, 0.1) is 12.8 Å². The Morgan fingerprint density at radius 2 is 1.14 bits per heavy atom. The molecule has 2 atom stereocenters. The molecule has 0 aromatic heterocycles. The Bertz CT molecular complexity index is 864. The van der Waals surface area contributed by atoms with E-state index in [9.17, 15) is 33.6 Å². The topological polar surface area (TPSA) is 169 Å². The minimum Gasteiger partial charge on any atom is -0.460 e. The van der Waals surface area contributed by atoms with Crippen LogP contribution in [0.4, 0.5) is 0 Å². The highest BCUT2D eigenvalue weighted by atomic mass is 16.7. The normalized spacial score (nSPS) is 15.7. The summed E-state index contributed by atoms with van der Waals surface area (Å²) in [5.41, 5.74) is -1.85. The molecule has 0 aliphatic carbocycles. The molecule has 196 valence electrons. The molecule has 0 spiro atoms. The second-order valence-corrected chi connectivity index (χ2v) is 9.60. The number of hydrogen-bond acceptors (Lipinski definition) is 12. The van der Waals surface area contributed by atoms with Crippen molar-refractivity contribution in [2.24, 2.45) is 0 Å². The summed E-state index contributed by atoms with van der Waals surface area (Å²) >= 11 is 0. The van der Waals surface area contributed by atoms with Gasteiger partial charge in [-0.05, 0) is 41.5 Å². The van der Waals surface area contributed by atoms with E-state index in [4.69, 9.17) is 23.8 Å². The van der Waals surface area contributed by atoms with Gasteiger partial charge in [0.2, 0.25) is 12.2 Å². The van der Waals surface area contributed by atoms with E-state index in [1.54, 1.807) is 41.5 Å². The lowest BCUT2D eigenvalue weighted by molar-refractivity contribution is -0.208. The summed E-state index contributed by atoms with van der Waals surface area (Å²) in [6, 6.07) is 0. The number of imide groups is 1. The molecular formula is C22H31NO12.